The molecule has 0 saturated heterocycles. The summed E-state index contributed by atoms with van der Waals surface area (Å²) < 4.78 is 0. The van der Waals surface area contributed by atoms with Gasteiger partial charge in [0.25, 0.3) is 0 Å². The summed E-state index contributed by atoms with van der Waals surface area (Å²) in [6, 6.07) is 0. The Morgan fingerprint density at radius 1 is 1.60 bits per heavy atom. The van der Waals surface area contributed by atoms with Gasteiger partial charge in [-0.15, -0.1) is 0 Å². The van der Waals surface area contributed by atoms with Crippen molar-refractivity contribution in [2.24, 2.45) is 5.14 Å². The fourth-order valence-electron chi connectivity index (χ4n) is 0. The number of rotatable bonds is 0. The zero-order valence-corrected chi connectivity index (χ0v) is 5.59. The van der Waals surface area contributed by atoms with Gasteiger partial charge in [-0.05, 0) is 22.4 Å². The molecule has 0 aliphatic rings. The van der Waals surface area contributed by atoms with Crippen LogP contribution in [0, 0.1) is 0 Å². The van der Waals surface area contributed by atoms with Crippen LogP contribution in [-0.4, -0.2) is 0 Å². The molecule has 0 aromatic rings. The second kappa shape index (κ2) is 1.70. The van der Waals surface area contributed by atoms with Crippen LogP contribution < -0.4 is 5.14 Å². The van der Waals surface area contributed by atoms with Gasteiger partial charge in [0, 0.05) is 6.36 Å². The van der Waals surface area contributed by atoms with E-state index in [4.69, 9.17) is 5.14 Å². The minimum atomic E-state index is -1.81. The van der Waals surface area contributed by atoms with Crippen molar-refractivity contribution in [2.45, 2.75) is 0 Å². The minimum Gasteiger partial charge on any atom is -0.264 e. The highest BCUT2D eigenvalue weighted by molar-refractivity contribution is 8.92. The first-order chi connectivity index (χ1) is 2.00. The summed E-state index contributed by atoms with van der Waals surface area (Å²) in [4.78, 5) is 0. The molecule has 0 saturated carbocycles. The largest absolute Gasteiger partial charge is 0.264 e. The Morgan fingerprint density at radius 2 is 1.60 bits per heavy atom. The molecule has 0 fully saturated rings. The summed E-state index contributed by atoms with van der Waals surface area (Å²) in [5.74, 6) is 0. The summed E-state index contributed by atoms with van der Waals surface area (Å²) in [5, 5.41) is 4.93. The van der Waals surface area contributed by atoms with Crippen molar-refractivity contribution < 1.29 is 0 Å². The fraction of sp³-hybridized carbons (Fsp3) is 0. The Balaban J connectivity index is 4.06. The molecule has 0 bridgehead atoms. The summed E-state index contributed by atoms with van der Waals surface area (Å²) in [5.41, 5.74) is 0. The van der Waals surface area contributed by atoms with Crippen molar-refractivity contribution in [3.05, 3.63) is 0 Å². The van der Waals surface area contributed by atoms with E-state index in [-0.39, 0.29) is 0 Å². The smallest absolute Gasteiger partial charge is 0.0121 e. The average Bonchev–Trinajstić information content (AvgIpc) is 0.722. The lowest BCUT2D eigenvalue weighted by Crippen LogP contribution is -1.96. The number of hydrogen-bond donors (Lipinski definition) is 2. The SMILES string of the molecule is NS(=S)(=S)S. The van der Waals surface area contributed by atoms with Crippen LogP contribution in [0.2, 0.25) is 0 Å². The average molecular weight is 145 g/mol. The third kappa shape index (κ3) is 40.5. The fourth-order valence-corrected chi connectivity index (χ4v) is 0. The molecule has 0 aromatic heterocycles. The molecule has 0 rings (SSSR count). The van der Waals surface area contributed by atoms with Gasteiger partial charge >= 0.3 is 0 Å². The molecule has 0 aromatic carbocycles. The highest BCUT2D eigenvalue weighted by atomic mass is 33.5. The quantitative estimate of drug-likeness (QED) is 0.364. The molecule has 1 nitrogen and oxygen atoms in total. The van der Waals surface area contributed by atoms with Gasteiger partial charge < -0.3 is 0 Å². The van der Waals surface area contributed by atoms with E-state index in [9.17, 15) is 0 Å². The zero-order valence-electron chi connectivity index (χ0n) is 2.25. The first-order valence-corrected chi connectivity index (χ1v) is 5.35. The van der Waals surface area contributed by atoms with Gasteiger partial charge in [0.15, 0.2) is 0 Å². The second-order valence-electron chi connectivity index (χ2n) is 0.515. The van der Waals surface area contributed by atoms with Crippen LogP contribution in [0.3, 0.4) is 0 Å². The van der Waals surface area contributed by atoms with Gasteiger partial charge in [0.2, 0.25) is 0 Å². The van der Waals surface area contributed by atoms with Crippen LogP contribution in [0.1, 0.15) is 0 Å². The van der Waals surface area contributed by atoms with E-state index in [0.29, 0.717) is 0 Å². The van der Waals surface area contributed by atoms with Crippen molar-refractivity contribution in [3.8, 4) is 0 Å². The summed E-state index contributed by atoms with van der Waals surface area (Å²) in [6.45, 7) is 0. The van der Waals surface area contributed by atoms with E-state index in [1.54, 1.807) is 0 Å². The van der Waals surface area contributed by atoms with Gasteiger partial charge in [-0.1, -0.05) is 11.7 Å². The molecule has 32 valence electrons. The number of hydrogen-bond acceptors (Lipinski definition) is 2. The van der Waals surface area contributed by atoms with Crippen molar-refractivity contribution in [3.63, 3.8) is 0 Å². The maximum atomic E-state index is 4.93. The molecular weight excluding hydrogens is 142 g/mol. The minimum absolute atomic E-state index is 1.81. The van der Waals surface area contributed by atoms with Gasteiger partial charge in [-0.3, -0.25) is 5.14 Å². The lowest BCUT2D eigenvalue weighted by atomic mass is 14.0. The molecule has 2 N–H and O–H groups in total. The molecular formula is H3NS4. The Hall–Kier alpha value is 1.10. The molecule has 0 aliphatic carbocycles. The molecule has 0 radical (unpaired) electrons. The third-order valence-corrected chi connectivity index (χ3v) is 0. The van der Waals surface area contributed by atoms with E-state index in [1.165, 1.54) is 0 Å². The van der Waals surface area contributed by atoms with E-state index in [1.807, 2.05) is 0 Å². The van der Waals surface area contributed by atoms with Crippen molar-refractivity contribution in [1.82, 2.24) is 0 Å². The first-order valence-electron chi connectivity index (χ1n) is 0.752. The zero-order chi connectivity index (χ0) is 4.50. The maximum Gasteiger partial charge on any atom is 0.0121 e. The molecule has 0 unspecified atom stereocenters. The lowest BCUT2D eigenvalue weighted by Gasteiger charge is -1.79. The Kier molecular flexibility index (Phi) is 2.07. The van der Waals surface area contributed by atoms with E-state index in [2.05, 4.69) is 34.0 Å². The Bertz CT molecular complexity index is 86.8. The molecule has 0 spiro atoms. The van der Waals surface area contributed by atoms with Gasteiger partial charge in [0.05, 0.1) is 0 Å². The van der Waals surface area contributed by atoms with E-state index >= 15 is 0 Å². The standard InChI is InChI=1S/H3NS4/c1-5(2,3)4/h(H3,1,2,3,4). The predicted octanol–water partition coefficient (Wildman–Crippen LogP) is -0.217. The van der Waals surface area contributed by atoms with Crippen molar-refractivity contribution >= 4 is 40.4 Å². The summed E-state index contributed by atoms with van der Waals surface area (Å²) in [7, 11) is 0. The maximum absolute atomic E-state index is 4.93. The summed E-state index contributed by atoms with van der Waals surface area (Å²) in [6.07, 6.45) is -1.81. The van der Waals surface area contributed by atoms with Crippen LogP contribution in [0.15, 0.2) is 0 Å². The molecule has 0 atom stereocenters. The highest BCUT2D eigenvalue weighted by Gasteiger charge is 1.68. The van der Waals surface area contributed by atoms with Crippen LogP contribution in [0.4, 0.5) is 0 Å². The Labute approximate surface area is 45.7 Å². The lowest BCUT2D eigenvalue weighted by molar-refractivity contribution is 2.06. The predicted molar refractivity (Wildman–Crippen MR) is 35.3 cm³/mol. The molecule has 5 heavy (non-hydrogen) atoms. The molecule has 5 heteroatoms. The van der Waals surface area contributed by atoms with Gasteiger partial charge in [-0.2, -0.15) is 0 Å². The van der Waals surface area contributed by atoms with Crippen LogP contribution >= 0.6 is 11.7 Å². The van der Waals surface area contributed by atoms with Gasteiger partial charge in [0.1, 0.15) is 0 Å². The molecule has 0 amide bonds. The molecule has 0 aliphatic heterocycles. The summed E-state index contributed by atoms with van der Waals surface area (Å²) >= 11 is 12.3. The van der Waals surface area contributed by atoms with Crippen LogP contribution in [-0.2, 0) is 28.7 Å². The third-order valence-electron chi connectivity index (χ3n) is 0. The van der Waals surface area contributed by atoms with E-state index in [0.717, 1.165) is 0 Å². The normalized spacial score (nSPS) is 11.6. The van der Waals surface area contributed by atoms with Crippen LogP contribution in [0.5, 0.6) is 0 Å². The topological polar surface area (TPSA) is 26.0 Å². The second-order valence-corrected chi connectivity index (χ2v) is 8.54. The highest BCUT2D eigenvalue weighted by Crippen LogP contribution is 1.79. The number of nitrogens with two attached hydrogens (primary N) is 1. The Morgan fingerprint density at radius 3 is 1.60 bits per heavy atom. The van der Waals surface area contributed by atoms with Crippen molar-refractivity contribution in [2.75, 3.05) is 0 Å². The van der Waals surface area contributed by atoms with Crippen molar-refractivity contribution in [1.29, 1.82) is 0 Å². The van der Waals surface area contributed by atoms with Crippen LogP contribution in [0.25, 0.3) is 0 Å². The molecule has 0 heterocycles. The number of thiol groups is 1. The first kappa shape index (κ1) is 6.10. The van der Waals surface area contributed by atoms with Gasteiger partial charge in [-0.25, -0.2) is 0 Å². The van der Waals surface area contributed by atoms with E-state index < -0.39 is 6.36 Å². The monoisotopic (exact) mass is 145 g/mol.